The molecule has 2 nitrogen and oxygen atoms in total. The molecule has 1 N–H and O–H groups in total. The van der Waals surface area contributed by atoms with Gasteiger partial charge in [-0.05, 0) is 13.8 Å². The molecule has 60 valence electrons. The fourth-order valence-electron chi connectivity index (χ4n) is 0.422. The minimum absolute atomic E-state index is 0.897. The molecule has 0 aromatic heterocycles. The summed E-state index contributed by atoms with van der Waals surface area (Å²) in [4.78, 5) is 0. The first-order valence-electron chi connectivity index (χ1n) is 2.59. The summed E-state index contributed by atoms with van der Waals surface area (Å²) >= 11 is 0. The van der Waals surface area contributed by atoms with Crippen LogP contribution >= 0.6 is 0 Å². The van der Waals surface area contributed by atoms with Gasteiger partial charge >= 0.3 is 0 Å². The Morgan fingerprint density at radius 3 is 1.90 bits per heavy atom. The van der Waals surface area contributed by atoms with E-state index in [1.54, 1.807) is 0 Å². The van der Waals surface area contributed by atoms with Crippen LogP contribution in [0.5, 0.6) is 0 Å². The Kier molecular flexibility index (Phi) is 2.68. The summed E-state index contributed by atoms with van der Waals surface area (Å²) < 4.78 is 35.9. The number of hydrogen-bond acceptors (Lipinski definition) is 2. The maximum atomic E-state index is 12.5. The third kappa shape index (κ3) is 2.24. The average Bonchev–Trinajstić information content (AvgIpc) is 1.60. The van der Waals surface area contributed by atoms with Gasteiger partial charge in [0, 0.05) is 0 Å². The Hall–Kier alpha value is -0.740. The van der Waals surface area contributed by atoms with Gasteiger partial charge in [-0.2, -0.15) is 0 Å². The molecule has 0 spiro atoms. The first-order valence-corrected chi connectivity index (χ1v) is 2.59. The predicted molar refractivity (Wildman–Crippen MR) is 30.4 cm³/mol. The molecule has 0 saturated carbocycles. The standard InChI is InChI=1S/C5H8F3NO/c1-5(2,8)3(9-10)4(6)7/h4,10H,1-2H3/b9-3-. The SMILES string of the molecule is CC(C)(F)/C(=N\O)C(F)F. The van der Waals surface area contributed by atoms with Gasteiger partial charge in [0.05, 0.1) is 0 Å². The van der Waals surface area contributed by atoms with Crippen LogP contribution in [0, 0.1) is 0 Å². The van der Waals surface area contributed by atoms with E-state index in [-0.39, 0.29) is 0 Å². The molecule has 0 aromatic rings. The van der Waals surface area contributed by atoms with Crippen molar-refractivity contribution in [2.75, 3.05) is 0 Å². The van der Waals surface area contributed by atoms with Crippen LogP contribution in [0.2, 0.25) is 0 Å². The summed E-state index contributed by atoms with van der Waals surface area (Å²) in [6, 6.07) is 0. The maximum Gasteiger partial charge on any atom is 0.283 e. The van der Waals surface area contributed by atoms with Crippen LogP contribution in [-0.4, -0.2) is 23.0 Å². The van der Waals surface area contributed by atoms with Crippen molar-refractivity contribution in [1.82, 2.24) is 0 Å². The highest BCUT2D eigenvalue weighted by molar-refractivity contribution is 5.93. The summed E-state index contributed by atoms with van der Waals surface area (Å²) in [5, 5.41) is 10.1. The Labute approximate surface area is 56.3 Å². The second kappa shape index (κ2) is 2.90. The molecule has 10 heavy (non-hydrogen) atoms. The third-order valence-electron chi connectivity index (χ3n) is 0.924. The van der Waals surface area contributed by atoms with Crippen molar-refractivity contribution in [2.24, 2.45) is 5.16 Å². The van der Waals surface area contributed by atoms with Crippen molar-refractivity contribution in [2.45, 2.75) is 25.9 Å². The highest BCUT2D eigenvalue weighted by atomic mass is 19.3. The minimum Gasteiger partial charge on any atom is -0.411 e. The summed E-state index contributed by atoms with van der Waals surface area (Å²) in [7, 11) is 0. The largest absolute Gasteiger partial charge is 0.411 e. The van der Waals surface area contributed by atoms with Crippen molar-refractivity contribution >= 4 is 5.71 Å². The molecule has 0 aliphatic carbocycles. The quantitative estimate of drug-likeness (QED) is 0.368. The van der Waals surface area contributed by atoms with Crippen LogP contribution in [0.15, 0.2) is 5.16 Å². The maximum absolute atomic E-state index is 12.5. The second-order valence-corrected chi connectivity index (χ2v) is 2.26. The fraction of sp³-hybridized carbons (Fsp3) is 0.800. The van der Waals surface area contributed by atoms with Crippen LogP contribution in [0.3, 0.4) is 0 Å². The predicted octanol–water partition coefficient (Wildman–Crippen LogP) is 1.83. The number of rotatable bonds is 2. The van der Waals surface area contributed by atoms with E-state index in [2.05, 4.69) is 5.16 Å². The van der Waals surface area contributed by atoms with Gasteiger partial charge in [-0.15, -0.1) is 0 Å². The average molecular weight is 155 g/mol. The third-order valence-corrected chi connectivity index (χ3v) is 0.924. The van der Waals surface area contributed by atoms with E-state index in [1.807, 2.05) is 0 Å². The zero-order valence-corrected chi connectivity index (χ0v) is 5.61. The first-order chi connectivity index (χ1) is 4.39. The summed E-state index contributed by atoms with van der Waals surface area (Å²) in [5.74, 6) is 0. The normalized spacial score (nSPS) is 14.4. The lowest BCUT2D eigenvalue weighted by Gasteiger charge is -2.13. The molecule has 0 atom stereocenters. The van der Waals surface area contributed by atoms with Crippen LogP contribution < -0.4 is 0 Å². The molecule has 0 aromatic carbocycles. The Morgan fingerprint density at radius 2 is 1.90 bits per heavy atom. The molecule has 0 amide bonds. The summed E-state index contributed by atoms with van der Waals surface area (Å²) in [5.41, 5.74) is -3.41. The minimum atomic E-state index is -3.05. The molecule has 0 aliphatic rings. The molecule has 0 radical (unpaired) electrons. The topological polar surface area (TPSA) is 32.6 Å². The van der Waals surface area contributed by atoms with Gasteiger partial charge in [-0.1, -0.05) is 5.16 Å². The van der Waals surface area contributed by atoms with Gasteiger partial charge in [0.2, 0.25) is 0 Å². The van der Waals surface area contributed by atoms with Crippen LogP contribution in [0.25, 0.3) is 0 Å². The van der Waals surface area contributed by atoms with Crippen LogP contribution in [-0.2, 0) is 0 Å². The molecular formula is C5H8F3NO. The van der Waals surface area contributed by atoms with Crippen molar-refractivity contribution in [3.8, 4) is 0 Å². The number of oxime groups is 1. The van der Waals surface area contributed by atoms with Crippen molar-refractivity contribution in [1.29, 1.82) is 0 Å². The van der Waals surface area contributed by atoms with Crippen LogP contribution in [0.4, 0.5) is 13.2 Å². The molecule has 5 heteroatoms. The monoisotopic (exact) mass is 155 g/mol. The molecule has 0 aliphatic heterocycles. The van der Waals surface area contributed by atoms with E-state index >= 15 is 0 Å². The zero-order chi connectivity index (χ0) is 8.36. The highest BCUT2D eigenvalue weighted by Gasteiger charge is 2.32. The molecule has 0 unspecified atom stereocenters. The zero-order valence-electron chi connectivity index (χ0n) is 5.61. The van der Waals surface area contributed by atoms with Crippen molar-refractivity contribution in [3.63, 3.8) is 0 Å². The van der Waals surface area contributed by atoms with E-state index in [1.165, 1.54) is 0 Å². The van der Waals surface area contributed by atoms with Gasteiger partial charge in [0.15, 0.2) is 11.4 Å². The molecule has 0 bridgehead atoms. The van der Waals surface area contributed by atoms with E-state index < -0.39 is 17.8 Å². The Bertz CT molecular complexity index is 138. The van der Waals surface area contributed by atoms with E-state index in [4.69, 9.17) is 5.21 Å². The smallest absolute Gasteiger partial charge is 0.283 e. The molecular weight excluding hydrogens is 147 g/mol. The van der Waals surface area contributed by atoms with Gasteiger partial charge in [-0.3, -0.25) is 0 Å². The second-order valence-electron chi connectivity index (χ2n) is 2.26. The lowest BCUT2D eigenvalue weighted by atomic mass is 10.1. The van der Waals surface area contributed by atoms with Gasteiger partial charge in [0.25, 0.3) is 6.43 Å². The lowest BCUT2D eigenvalue weighted by molar-refractivity contribution is 0.180. The van der Waals surface area contributed by atoms with E-state index in [0.717, 1.165) is 13.8 Å². The van der Waals surface area contributed by atoms with E-state index in [0.29, 0.717) is 0 Å². The van der Waals surface area contributed by atoms with Crippen molar-refractivity contribution < 1.29 is 18.4 Å². The number of hydrogen-bond donors (Lipinski definition) is 1. The molecule has 0 saturated heterocycles. The van der Waals surface area contributed by atoms with Gasteiger partial charge in [-0.25, -0.2) is 13.2 Å². The fourth-order valence-corrected chi connectivity index (χ4v) is 0.422. The van der Waals surface area contributed by atoms with E-state index in [9.17, 15) is 13.2 Å². The number of nitrogens with zero attached hydrogens (tertiary/aromatic N) is 1. The van der Waals surface area contributed by atoms with Gasteiger partial charge < -0.3 is 5.21 Å². The lowest BCUT2D eigenvalue weighted by Crippen LogP contribution is -2.32. The molecule has 0 fully saturated rings. The molecule has 0 rings (SSSR count). The Balaban J connectivity index is 4.40. The summed E-state index contributed by atoms with van der Waals surface area (Å²) in [6.07, 6.45) is -3.05. The first kappa shape index (κ1) is 9.26. The summed E-state index contributed by atoms with van der Waals surface area (Å²) in [6.45, 7) is 1.79. The van der Waals surface area contributed by atoms with Crippen molar-refractivity contribution in [3.05, 3.63) is 0 Å². The van der Waals surface area contributed by atoms with Crippen LogP contribution in [0.1, 0.15) is 13.8 Å². The number of alkyl halides is 3. The number of halogens is 3. The van der Waals surface area contributed by atoms with Gasteiger partial charge in [0.1, 0.15) is 0 Å². The Morgan fingerprint density at radius 1 is 1.50 bits per heavy atom. The highest BCUT2D eigenvalue weighted by Crippen LogP contribution is 2.16. The molecule has 0 heterocycles.